The molecule has 0 spiro atoms. The predicted molar refractivity (Wildman–Crippen MR) is 99.5 cm³/mol. The van der Waals surface area contributed by atoms with Crippen LogP contribution in [0.3, 0.4) is 0 Å². The van der Waals surface area contributed by atoms with Gasteiger partial charge in [0.2, 0.25) is 0 Å². The lowest BCUT2D eigenvalue weighted by Gasteiger charge is -2.12. The lowest BCUT2D eigenvalue weighted by Crippen LogP contribution is -2.23. The normalized spacial score (nSPS) is 15.7. The molecule has 3 aromatic rings. The number of nitrogens with zero attached hydrogens (tertiary/aromatic N) is 2. The number of ether oxygens (including phenoxy) is 1. The molecular weight excluding hydrogens is 326 g/mol. The van der Waals surface area contributed by atoms with E-state index in [1.807, 2.05) is 31.2 Å². The second-order valence-corrected chi connectivity index (χ2v) is 6.63. The van der Waals surface area contributed by atoms with Gasteiger partial charge in [0.1, 0.15) is 11.4 Å². The smallest absolute Gasteiger partial charge is 0.270 e. The van der Waals surface area contributed by atoms with Crippen LogP contribution in [0.15, 0.2) is 48.5 Å². The molecule has 1 aliphatic heterocycles. The number of nitrogens with one attached hydrogen (secondary N) is 1. The molecule has 5 nitrogen and oxygen atoms in total. The molecule has 1 amide bonds. The minimum absolute atomic E-state index is 0.0823. The van der Waals surface area contributed by atoms with Crippen LogP contribution in [0, 0.1) is 13.8 Å². The van der Waals surface area contributed by atoms with Crippen molar-refractivity contribution in [2.24, 2.45) is 0 Å². The van der Waals surface area contributed by atoms with Crippen LogP contribution in [0.2, 0.25) is 0 Å². The van der Waals surface area contributed by atoms with E-state index in [4.69, 9.17) is 4.74 Å². The number of hydrogen-bond donors (Lipinski definition) is 1. The first-order chi connectivity index (χ1) is 12.6. The van der Waals surface area contributed by atoms with Crippen LogP contribution in [0.25, 0.3) is 0 Å². The largest absolute Gasteiger partial charge is 0.496 e. The predicted octanol–water partition coefficient (Wildman–Crippen LogP) is 3.39. The van der Waals surface area contributed by atoms with E-state index < -0.39 is 0 Å². The molecule has 2 aromatic carbocycles. The number of aryl methyl sites for hydroxylation is 2. The van der Waals surface area contributed by atoms with Gasteiger partial charge in [0, 0.05) is 11.1 Å². The van der Waals surface area contributed by atoms with E-state index in [2.05, 4.69) is 41.6 Å². The van der Waals surface area contributed by atoms with E-state index in [1.165, 1.54) is 5.56 Å². The Morgan fingerprint density at radius 1 is 1.12 bits per heavy atom. The summed E-state index contributed by atoms with van der Waals surface area (Å²) in [6.45, 7) is 4.51. The monoisotopic (exact) mass is 347 g/mol. The van der Waals surface area contributed by atoms with Crippen LogP contribution in [-0.2, 0) is 6.54 Å². The van der Waals surface area contributed by atoms with Gasteiger partial charge in [-0.05, 0) is 25.5 Å². The zero-order valence-electron chi connectivity index (χ0n) is 15.1. The number of aromatic nitrogens is 2. The summed E-state index contributed by atoms with van der Waals surface area (Å²) in [5.41, 5.74) is 5.74. The number of carbonyl (C=O) groups is 1. The van der Waals surface area contributed by atoms with Crippen LogP contribution < -0.4 is 10.1 Å². The van der Waals surface area contributed by atoms with Gasteiger partial charge in [0.05, 0.1) is 25.4 Å². The fraction of sp³-hybridized carbons (Fsp3) is 0.238. The lowest BCUT2D eigenvalue weighted by molar-refractivity contribution is 0.0950. The second kappa shape index (κ2) is 6.33. The van der Waals surface area contributed by atoms with Crippen molar-refractivity contribution < 1.29 is 9.53 Å². The highest BCUT2D eigenvalue weighted by Gasteiger charge is 2.36. The standard InChI is InChI=1S/C21H21N3O2/c1-13-8-10-15(11-9-13)19-18-14(2)23-24(20(18)21(25)22-19)12-16-6-4-5-7-17(16)26-3/h4-11,19H,12H2,1-3H3,(H,22,25). The average Bonchev–Trinajstić information content (AvgIpc) is 3.15. The van der Waals surface area contributed by atoms with E-state index >= 15 is 0 Å². The first-order valence-corrected chi connectivity index (χ1v) is 8.65. The summed E-state index contributed by atoms with van der Waals surface area (Å²) >= 11 is 0. The zero-order chi connectivity index (χ0) is 18.3. The number of fused-ring (bicyclic) bond motifs is 1. The van der Waals surface area contributed by atoms with Crippen molar-refractivity contribution >= 4 is 5.91 Å². The van der Waals surface area contributed by atoms with Crippen molar-refractivity contribution in [2.75, 3.05) is 7.11 Å². The Kier molecular flexibility index (Phi) is 3.99. The first kappa shape index (κ1) is 16.4. The molecule has 1 N–H and O–H groups in total. The zero-order valence-corrected chi connectivity index (χ0v) is 15.1. The molecule has 26 heavy (non-hydrogen) atoms. The van der Waals surface area contributed by atoms with E-state index in [9.17, 15) is 4.79 Å². The maximum Gasteiger partial charge on any atom is 0.270 e. The molecule has 1 aliphatic rings. The van der Waals surface area contributed by atoms with Gasteiger partial charge in [-0.3, -0.25) is 9.48 Å². The molecule has 1 unspecified atom stereocenters. The number of amides is 1. The summed E-state index contributed by atoms with van der Waals surface area (Å²) in [7, 11) is 1.65. The number of benzene rings is 2. The fourth-order valence-corrected chi connectivity index (χ4v) is 3.57. The summed E-state index contributed by atoms with van der Waals surface area (Å²) in [6.07, 6.45) is 0. The van der Waals surface area contributed by atoms with Crippen LogP contribution in [0.4, 0.5) is 0 Å². The number of rotatable bonds is 4. The molecule has 0 saturated carbocycles. The maximum absolute atomic E-state index is 12.7. The lowest BCUT2D eigenvalue weighted by atomic mass is 9.99. The van der Waals surface area contributed by atoms with Crippen LogP contribution >= 0.6 is 0 Å². The van der Waals surface area contributed by atoms with Crippen molar-refractivity contribution in [1.29, 1.82) is 0 Å². The van der Waals surface area contributed by atoms with Crippen LogP contribution in [0.1, 0.15) is 44.5 Å². The van der Waals surface area contributed by atoms with Crippen molar-refractivity contribution in [2.45, 2.75) is 26.4 Å². The topological polar surface area (TPSA) is 56.2 Å². The van der Waals surface area contributed by atoms with Crippen LogP contribution in [0.5, 0.6) is 5.75 Å². The highest BCUT2D eigenvalue weighted by Crippen LogP contribution is 2.34. The van der Waals surface area contributed by atoms with Crippen molar-refractivity contribution in [3.63, 3.8) is 0 Å². The molecule has 5 heteroatoms. The fourth-order valence-electron chi connectivity index (χ4n) is 3.57. The number of methoxy groups -OCH3 is 1. The number of hydrogen-bond acceptors (Lipinski definition) is 3. The van der Waals surface area contributed by atoms with Gasteiger partial charge in [0.25, 0.3) is 5.91 Å². The van der Waals surface area contributed by atoms with Crippen molar-refractivity contribution in [1.82, 2.24) is 15.1 Å². The summed E-state index contributed by atoms with van der Waals surface area (Å²) in [5, 5.41) is 7.75. The Morgan fingerprint density at radius 3 is 2.58 bits per heavy atom. The molecule has 4 rings (SSSR count). The highest BCUT2D eigenvalue weighted by atomic mass is 16.5. The van der Waals surface area contributed by atoms with E-state index in [0.29, 0.717) is 12.2 Å². The van der Waals surface area contributed by atoms with Gasteiger partial charge in [-0.25, -0.2) is 0 Å². The Labute approximate surface area is 152 Å². The molecule has 1 atom stereocenters. The second-order valence-electron chi connectivity index (χ2n) is 6.63. The molecular formula is C21H21N3O2. The number of para-hydroxylation sites is 1. The van der Waals surface area contributed by atoms with E-state index in [0.717, 1.165) is 28.1 Å². The van der Waals surface area contributed by atoms with E-state index in [1.54, 1.807) is 11.8 Å². The number of carbonyl (C=O) groups excluding carboxylic acids is 1. The molecule has 0 saturated heterocycles. The SMILES string of the molecule is COc1ccccc1Cn1nc(C)c2c1C(=O)NC2c1ccc(C)cc1. The van der Waals surface area contributed by atoms with Gasteiger partial charge < -0.3 is 10.1 Å². The third-order valence-corrected chi connectivity index (χ3v) is 4.88. The molecule has 0 bridgehead atoms. The Bertz CT molecular complexity index is 973. The Hall–Kier alpha value is -3.08. The summed E-state index contributed by atoms with van der Waals surface area (Å²) < 4.78 is 7.21. The first-order valence-electron chi connectivity index (χ1n) is 8.65. The van der Waals surface area contributed by atoms with Gasteiger partial charge in [-0.15, -0.1) is 0 Å². The quantitative estimate of drug-likeness (QED) is 0.787. The minimum atomic E-state index is -0.149. The molecule has 0 aliphatic carbocycles. The molecule has 2 heterocycles. The molecule has 0 radical (unpaired) electrons. The van der Waals surface area contributed by atoms with Crippen LogP contribution in [-0.4, -0.2) is 22.8 Å². The van der Waals surface area contributed by atoms with Crippen molar-refractivity contribution in [3.8, 4) is 5.75 Å². The minimum Gasteiger partial charge on any atom is -0.496 e. The highest BCUT2D eigenvalue weighted by molar-refractivity contribution is 5.98. The maximum atomic E-state index is 12.7. The Balaban J connectivity index is 1.75. The van der Waals surface area contributed by atoms with Crippen molar-refractivity contribution in [3.05, 3.63) is 82.2 Å². The molecule has 1 aromatic heterocycles. The van der Waals surface area contributed by atoms with Gasteiger partial charge in [0.15, 0.2) is 0 Å². The Morgan fingerprint density at radius 2 is 1.85 bits per heavy atom. The van der Waals surface area contributed by atoms with Gasteiger partial charge >= 0.3 is 0 Å². The molecule has 132 valence electrons. The molecule has 0 fully saturated rings. The average molecular weight is 347 g/mol. The summed E-state index contributed by atoms with van der Waals surface area (Å²) in [4.78, 5) is 12.7. The third kappa shape index (κ3) is 2.65. The van der Waals surface area contributed by atoms with E-state index in [-0.39, 0.29) is 11.9 Å². The van der Waals surface area contributed by atoms with Gasteiger partial charge in [-0.1, -0.05) is 48.0 Å². The summed E-state index contributed by atoms with van der Waals surface area (Å²) in [5.74, 6) is 0.712. The third-order valence-electron chi connectivity index (χ3n) is 4.88. The van der Waals surface area contributed by atoms with Gasteiger partial charge in [-0.2, -0.15) is 5.10 Å². The summed E-state index contributed by atoms with van der Waals surface area (Å²) in [6, 6.07) is 15.9.